The number of nitrogens with zero attached hydrogens (tertiary/aromatic N) is 2. The summed E-state index contributed by atoms with van der Waals surface area (Å²) >= 11 is 1.99. The average molecular weight is 383 g/mol. The highest BCUT2D eigenvalue weighted by molar-refractivity contribution is 14.0. The van der Waals surface area contributed by atoms with Gasteiger partial charge in [0.25, 0.3) is 0 Å². The normalized spacial score (nSPS) is 21.2. The number of guanidine groups is 1. The van der Waals surface area contributed by atoms with E-state index in [2.05, 4.69) is 16.0 Å². The topological polar surface area (TPSA) is 50.9 Å². The van der Waals surface area contributed by atoms with Gasteiger partial charge in [-0.25, -0.2) is 0 Å². The predicted octanol–water partition coefficient (Wildman–Crippen LogP) is 1.70. The van der Waals surface area contributed by atoms with Crippen LogP contribution in [0.4, 0.5) is 0 Å². The lowest BCUT2D eigenvalue weighted by Crippen LogP contribution is -2.42. The number of halogens is 1. The van der Waals surface area contributed by atoms with E-state index >= 15 is 0 Å². The molecule has 2 aliphatic rings. The molecule has 0 amide bonds. The molecule has 104 valence electrons. The molecule has 0 spiro atoms. The Kier molecular flexibility index (Phi) is 8.08. The van der Waals surface area contributed by atoms with E-state index in [0.29, 0.717) is 0 Å². The van der Waals surface area contributed by atoms with Gasteiger partial charge in [-0.3, -0.25) is 4.99 Å². The molecule has 2 heterocycles. The Labute approximate surface area is 130 Å². The van der Waals surface area contributed by atoms with Crippen molar-refractivity contribution in [2.75, 3.05) is 44.4 Å². The van der Waals surface area contributed by atoms with Gasteiger partial charge >= 0.3 is 0 Å². The van der Waals surface area contributed by atoms with Gasteiger partial charge in [-0.1, -0.05) is 11.6 Å². The molecule has 0 aromatic rings. The van der Waals surface area contributed by atoms with Crippen molar-refractivity contribution in [3.05, 3.63) is 11.6 Å². The molecule has 1 fully saturated rings. The number of aliphatic imine (C=N–C) groups is 1. The third-order valence-electron chi connectivity index (χ3n) is 3.10. The Balaban J connectivity index is 0.00000162. The molecule has 0 saturated carbocycles. The van der Waals surface area contributed by atoms with Crippen LogP contribution in [-0.2, 0) is 4.74 Å². The van der Waals surface area contributed by atoms with Crippen molar-refractivity contribution in [3.63, 3.8) is 0 Å². The van der Waals surface area contributed by atoms with Crippen molar-refractivity contribution in [1.29, 1.82) is 0 Å². The number of hydrogen-bond donors (Lipinski definition) is 1. The summed E-state index contributed by atoms with van der Waals surface area (Å²) in [5.74, 6) is 3.05. The molecule has 0 aromatic carbocycles. The van der Waals surface area contributed by atoms with E-state index in [1.54, 1.807) is 0 Å². The Morgan fingerprint density at radius 2 is 2.22 bits per heavy atom. The first-order valence-corrected chi connectivity index (χ1v) is 7.40. The van der Waals surface area contributed by atoms with Gasteiger partial charge in [-0.05, 0) is 12.8 Å². The first-order valence-electron chi connectivity index (χ1n) is 6.24. The van der Waals surface area contributed by atoms with Crippen LogP contribution in [0.5, 0.6) is 0 Å². The Morgan fingerprint density at radius 1 is 1.44 bits per heavy atom. The quantitative estimate of drug-likeness (QED) is 0.349. The first kappa shape index (κ1) is 16.1. The summed E-state index contributed by atoms with van der Waals surface area (Å²) in [5, 5.41) is 0. The summed E-state index contributed by atoms with van der Waals surface area (Å²) < 4.78 is 5.27. The summed E-state index contributed by atoms with van der Waals surface area (Å²) in [5.41, 5.74) is 7.45. The van der Waals surface area contributed by atoms with E-state index in [-0.39, 0.29) is 24.0 Å². The summed E-state index contributed by atoms with van der Waals surface area (Å²) in [6.45, 7) is 4.50. The van der Waals surface area contributed by atoms with Gasteiger partial charge in [0.15, 0.2) is 5.96 Å². The van der Waals surface area contributed by atoms with E-state index in [1.165, 1.54) is 17.1 Å². The van der Waals surface area contributed by atoms with Crippen molar-refractivity contribution < 1.29 is 4.74 Å². The standard InChI is InChI=1S/C12H21N3OS.HI/c13-12(15-5-9-17-10-6-15)14-4-1-11-2-7-16-8-3-11;/h2H,1,3-10H2,(H2,13,14);1H. The number of hydrogen-bond acceptors (Lipinski definition) is 3. The number of rotatable bonds is 3. The van der Waals surface area contributed by atoms with Gasteiger partial charge in [0.1, 0.15) is 0 Å². The highest BCUT2D eigenvalue weighted by atomic mass is 127. The summed E-state index contributed by atoms with van der Waals surface area (Å²) in [6, 6.07) is 0. The minimum absolute atomic E-state index is 0. The zero-order valence-electron chi connectivity index (χ0n) is 10.6. The molecular formula is C12H22IN3OS. The van der Waals surface area contributed by atoms with E-state index in [4.69, 9.17) is 10.5 Å². The van der Waals surface area contributed by atoms with Crippen LogP contribution < -0.4 is 5.73 Å². The highest BCUT2D eigenvalue weighted by Crippen LogP contribution is 2.12. The van der Waals surface area contributed by atoms with E-state index in [9.17, 15) is 0 Å². The molecule has 0 unspecified atom stereocenters. The van der Waals surface area contributed by atoms with Crippen LogP contribution in [0.2, 0.25) is 0 Å². The maximum absolute atomic E-state index is 5.99. The Hall–Kier alpha value is 0.0500. The second-order valence-electron chi connectivity index (χ2n) is 4.28. The Morgan fingerprint density at radius 3 is 2.89 bits per heavy atom. The third-order valence-corrected chi connectivity index (χ3v) is 4.04. The maximum Gasteiger partial charge on any atom is 0.191 e. The van der Waals surface area contributed by atoms with E-state index in [1.807, 2.05) is 11.8 Å². The largest absolute Gasteiger partial charge is 0.377 e. The first-order chi connectivity index (χ1) is 8.36. The molecule has 0 aliphatic carbocycles. The van der Waals surface area contributed by atoms with Crippen LogP contribution in [0, 0.1) is 0 Å². The molecule has 6 heteroatoms. The fourth-order valence-electron chi connectivity index (χ4n) is 2.00. The second kappa shape index (κ2) is 9.03. The minimum atomic E-state index is 0. The highest BCUT2D eigenvalue weighted by Gasteiger charge is 2.11. The fraction of sp³-hybridized carbons (Fsp3) is 0.750. The second-order valence-corrected chi connectivity index (χ2v) is 5.50. The van der Waals surface area contributed by atoms with Crippen LogP contribution in [-0.4, -0.2) is 55.2 Å². The summed E-state index contributed by atoms with van der Waals surface area (Å²) in [7, 11) is 0. The van der Waals surface area contributed by atoms with Gasteiger partial charge in [-0.2, -0.15) is 11.8 Å². The minimum Gasteiger partial charge on any atom is -0.377 e. The molecule has 2 aliphatic heterocycles. The molecule has 4 nitrogen and oxygen atoms in total. The maximum atomic E-state index is 5.99. The zero-order chi connectivity index (χ0) is 11.9. The van der Waals surface area contributed by atoms with Crippen molar-refractivity contribution >= 4 is 41.7 Å². The molecule has 0 bridgehead atoms. The number of ether oxygens (including phenoxy) is 1. The van der Waals surface area contributed by atoms with Crippen molar-refractivity contribution in [2.24, 2.45) is 10.7 Å². The monoisotopic (exact) mass is 383 g/mol. The molecule has 2 N–H and O–H groups in total. The lowest BCUT2D eigenvalue weighted by atomic mass is 10.1. The van der Waals surface area contributed by atoms with Gasteiger partial charge < -0.3 is 15.4 Å². The van der Waals surface area contributed by atoms with Crippen LogP contribution in [0.15, 0.2) is 16.6 Å². The molecular weight excluding hydrogens is 361 g/mol. The molecule has 0 radical (unpaired) electrons. The summed E-state index contributed by atoms with van der Waals surface area (Å²) in [6.07, 6.45) is 4.25. The predicted molar refractivity (Wildman–Crippen MR) is 88.9 cm³/mol. The SMILES string of the molecule is I.NC(=NCCC1=CCOCC1)N1CCSCC1. The number of nitrogens with two attached hydrogens (primary N) is 1. The van der Waals surface area contributed by atoms with Crippen LogP contribution in [0.25, 0.3) is 0 Å². The average Bonchev–Trinajstić information content (AvgIpc) is 2.41. The van der Waals surface area contributed by atoms with Gasteiger partial charge in [-0.15, -0.1) is 24.0 Å². The van der Waals surface area contributed by atoms with Gasteiger partial charge in [0, 0.05) is 31.1 Å². The lowest BCUT2D eigenvalue weighted by molar-refractivity contribution is 0.153. The molecule has 0 aromatic heterocycles. The van der Waals surface area contributed by atoms with Gasteiger partial charge in [0.2, 0.25) is 0 Å². The molecule has 18 heavy (non-hydrogen) atoms. The summed E-state index contributed by atoms with van der Waals surface area (Å²) in [4.78, 5) is 6.66. The smallest absolute Gasteiger partial charge is 0.191 e. The van der Waals surface area contributed by atoms with Crippen molar-refractivity contribution in [2.45, 2.75) is 12.8 Å². The molecule has 0 atom stereocenters. The van der Waals surface area contributed by atoms with Crippen LogP contribution in [0.3, 0.4) is 0 Å². The zero-order valence-corrected chi connectivity index (χ0v) is 13.8. The van der Waals surface area contributed by atoms with Crippen LogP contribution in [0.1, 0.15) is 12.8 Å². The lowest BCUT2D eigenvalue weighted by Gasteiger charge is -2.27. The molecule has 2 rings (SSSR count). The van der Waals surface area contributed by atoms with E-state index < -0.39 is 0 Å². The van der Waals surface area contributed by atoms with E-state index in [0.717, 1.165) is 51.6 Å². The molecule has 1 saturated heterocycles. The van der Waals surface area contributed by atoms with Crippen LogP contribution >= 0.6 is 35.7 Å². The van der Waals surface area contributed by atoms with Crippen molar-refractivity contribution in [1.82, 2.24) is 4.90 Å². The Bertz CT molecular complexity index is 304. The third kappa shape index (κ3) is 5.36. The fourth-order valence-corrected chi connectivity index (χ4v) is 2.90. The van der Waals surface area contributed by atoms with Gasteiger partial charge in [0.05, 0.1) is 13.2 Å². The number of thioether (sulfide) groups is 1. The van der Waals surface area contributed by atoms with Crippen molar-refractivity contribution in [3.8, 4) is 0 Å².